The predicted molar refractivity (Wildman–Crippen MR) is 52.9 cm³/mol. The first-order valence-electron chi connectivity index (χ1n) is 5.69. The minimum Gasteiger partial charge on any atom is -0.469 e. The number of carbonyl (C=O) groups excluding carboxylic acids is 2. The number of Topliss-reactive ketones (excluding diaryl/α,β-unsaturated/α-hetero) is 1. The second kappa shape index (κ2) is 2.45. The highest BCUT2D eigenvalue weighted by Crippen LogP contribution is 2.77. The molecular formula is C12H16O3. The molecule has 0 spiro atoms. The lowest BCUT2D eigenvalue weighted by Gasteiger charge is -2.35. The summed E-state index contributed by atoms with van der Waals surface area (Å²) in [5, 5.41) is 0. The van der Waals surface area contributed by atoms with Gasteiger partial charge in [0.15, 0.2) is 0 Å². The Balaban J connectivity index is 2.04. The van der Waals surface area contributed by atoms with E-state index in [0.717, 1.165) is 6.42 Å². The molecule has 0 aromatic carbocycles. The third-order valence-electron chi connectivity index (χ3n) is 5.13. The Labute approximate surface area is 89.2 Å². The molecule has 4 bridgehead atoms. The van der Waals surface area contributed by atoms with Gasteiger partial charge in [-0.25, -0.2) is 0 Å². The van der Waals surface area contributed by atoms with E-state index in [9.17, 15) is 9.59 Å². The summed E-state index contributed by atoms with van der Waals surface area (Å²) in [4.78, 5) is 23.9. The lowest BCUT2D eigenvalue weighted by molar-refractivity contribution is -0.151. The molecule has 4 saturated carbocycles. The van der Waals surface area contributed by atoms with E-state index in [1.807, 2.05) is 0 Å². The van der Waals surface area contributed by atoms with Crippen LogP contribution in [0.15, 0.2) is 0 Å². The number of fused-ring (bicyclic) bond motifs is 1. The SMILES string of the molecule is COC(=O)[C@@]12C3C(=O)[C@H]([C@H](C)C[C@H]31)[C@H]2C. The van der Waals surface area contributed by atoms with Crippen molar-refractivity contribution in [2.75, 3.05) is 7.11 Å². The van der Waals surface area contributed by atoms with Crippen LogP contribution in [0.4, 0.5) is 0 Å². The van der Waals surface area contributed by atoms with Crippen molar-refractivity contribution >= 4 is 11.8 Å². The Morgan fingerprint density at radius 1 is 1.47 bits per heavy atom. The van der Waals surface area contributed by atoms with Crippen LogP contribution in [-0.4, -0.2) is 18.9 Å². The van der Waals surface area contributed by atoms with Crippen LogP contribution < -0.4 is 0 Å². The Morgan fingerprint density at radius 2 is 2.13 bits per heavy atom. The van der Waals surface area contributed by atoms with Gasteiger partial charge in [-0.3, -0.25) is 9.59 Å². The van der Waals surface area contributed by atoms with Crippen molar-refractivity contribution < 1.29 is 14.3 Å². The van der Waals surface area contributed by atoms with E-state index in [2.05, 4.69) is 13.8 Å². The number of ketones is 1. The van der Waals surface area contributed by atoms with Gasteiger partial charge in [-0.2, -0.15) is 0 Å². The number of ether oxygens (including phenoxy) is 1. The van der Waals surface area contributed by atoms with Crippen molar-refractivity contribution in [1.29, 1.82) is 0 Å². The summed E-state index contributed by atoms with van der Waals surface area (Å²) >= 11 is 0. The molecule has 1 unspecified atom stereocenters. The van der Waals surface area contributed by atoms with Gasteiger partial charge in [-0.1, -0.05) is 13.8 Å². The second-order valence-electron chi connectivity index (χ2n) is 5.44. The van der Waals surface area contributed by atoms with E-state index in [-0.39, 0.29) is 29.6 Å². The molecule has 0 radical (unpaired) electrons. The van der Waals surface area contributed by atoms with E-state index in [0.29, 0.717) is 11.7 Å². The Bertz CT molecular complexity index is 360. The molecule has 82 valence electrons. The van der Waals surface area contributed by atoms with E-state index in [1.165, 1.54) is 7.11 Å². The second-order valence-corrected chi connectivity index (χ2v) is 5.44. The lowest BCUT2D eigenvalue weighted by atomic mass is 9.68. The zero-order valence-corrected chi connectivity index (χ0v) is 9.32. The van der Waals surface area contributed by atoms with Crippen LogP contribution in [0.3, 0.4) is 0 Å². The van der Waals surface area contributed by atoms with Gasteiger partial charge in [0.05, 0.1) is 12.5 Å². The van der Waals surface area contributed by atoms with Crippen LogP contribution in [0.5, 0.6) is 0 Å². The summed E-state index contributed by atoms with van der Waals surface area (Å²) in [6, 6.07) is 0. The number of hydrogen-bond donors (Lipinski definition) is 0. The van der Waals surface area contributed by atoms with Gasteiger partial charge in [-0.05, 0) is 24.2 Å². The maximum Gasteiger partial charge on any atom is 0.313 e. The topological polar surface area (TPSA) is 43.4 Å². The Kier molecular flexibility index (Phi) is 1.53. The molecule has 4 aliphatic carbocycles. The van der Waals surface area contributed by atoms with Crippen molar-refractivity contribution in [3.8, 4) is 0 Å². The zero-order chi connectivity index (χ0) is 11.0. The fourth-order valence-electron chi connectivity index (χ4n) is 4.58. The molecule has 0 aromatic rings. The highest BCUT2D eigenvalue weighted by molar-refractivity contribution is 6.02. The van der Waals surface area contributed by atoms with Crippen molar-refractivity contribution in [3.05, 3.63) is 0 Å². The minimum absolute atomic E-state index is 0.00106. The molecule has 0 heterocycles. The van der Waals surface area contributed by atoms with Crippen LogP contribution in [0.2, 0.25) is 0 Å². The molecule has 0 N–H and O–H groups in total. The van der Waals surface area contributed by atoms with Gasteiger partial charge < -0.3 is 4.74 Å². The van der Waals surface area contributed by atoms with Crippen LogP contribution in [0.1, 0.15) is 20.3 Å². The number of carbonyl (C=O) groups is 2. The van der Waals surface area contributed by atoms with Gasteiger partial charge in [-0.15, -0.1) is 0 Å². The molecule has 0 aliphatic heterocycles. The number of methoxy groups -OCH3 is 1. The Hall–Kier alpha value is -0.860. The van der Waals surface area contributed by atoms with E-state index in [4.69, 9.17) is 4.74 Å². The van der Waals surface area contributed by atoms with E-state index < -0.39 is 5.41 Å². The first-order valence-corrected chi connectivity index (χ1v) is 5.69. The molecule has 4 aliphatic rings. The average Bonchev–Trinajstić information content (AvgIpc) is 2.80. The third-order valence-corrected chi connectivity index (χ3v) is 5.13. The fraction of sp³-hybridized carbons (Fsp3) is 0.833. The molecule has 4 rings (SSSR count). The predicted octanol–water partition coefficient (Wildman–Crippen LogP) is 1.27. The fourth-order valence-corrected chi connectivity index (χ4v) is 4.58. The highest BCUT2D eigenvalue weighted by atomic mass is 16.5. The molecule has 0 aromatic heterocycles. The Morgan fingerprint density at radius 3 is 2.60 bits per heavy atom. The summed E-state index contributed by atoms with van der Waals surface area (Å²) in [6.07, 6.45) is 1.03. The number of rotatable bonds is 1. The molecule has 4 fully saturated rings. The standard InChI is InChI=1S/C12H16O3/c1-5-4-7-9-10(13)8(5)6(2)12(7,9)11(14)15-3/h5-9H,4H2,1-3H3/t5-,6-,7-,8-,9?,12-/m1/s1. The molecule has 0 amide bonds. The maximum absolute atomic E-state index is 12.0. The summed E-state index contributed by atoms with van der Waals surface area (Å²) in [5.74, 6) is 1.22. The quantitative estimate of drug-likeness (QED) is 0.609. The molecule has 15 heavy (non-hydrogen) atoms. The first-order chi connectivity index (χ1) is 7.06. The molecule has 3 nitrogen and oxygen atoms in total. The minimum atomic E-state index is -0.414. The smallest absolute Gasteiger partial charge is 0.313 e. The number of hydrogen-bond acceptors (Lipinski definition) is 3. The summed E-state index contributed by atoms with van der Waals surface area (Å²) in [7, 11) is 1.43. The summed E-state index contributed by atoms with van der Waals surface area (Å²) in [6.45, 7) is 4.18. The highest BCUT2D eigenvalue weighted by Gasteiger charge is 2.84. The van der Waals surface area contributed by atoms with Crippen molar-refractivity contribution in [2.45, 2.75) is 20.3 Å². The van der Waals surface area contributed by atoms with Crippen LogP contribution >= 0.6 is 0 Å². The monoisotopic (exact) mass is 208 g/mol. The largest absolute Gasteiger partial charge is 0.469 e. The van der Waals surface area contributed by atoms with Gasteiger partial charge in [0.25, 0.3) is 0 Å². The first kappa shape index (κ1) is 9.37. The normalized spacial score (nSPS) is 55.4. The van der Waals surface area contributed by atoms with Crippen molar-refractivity contribution in [3.63, 3.8) is 0 Å². The van der Waals surface area contributed by atoms with Gasteiger partial charge in [0.1, 0.15) is 5.78 Å². The van der Waals surface area contributed by atoms with Gasteiger partial charge >= 0.3 is 5.97 Å². The summed E-state index contributed by atoms with van der Waals surface area (Å²) in [5.41, 5.74) is -0.414. The average molecular weight is 208 g/mol. The molecule has 0 saturated heterocycles. The summed E-state index contributed by atoms with van der Waals surface area (Å²) < 4.78 is 4.89. The van der Waals surface area contributed by atoms with Crippen molar-refractivity contribution in [1.82, 2.24) is 0 Å². The third kappa shape index (κ3) is 0.734. The number of esters is 1. The van der Waals surface area contributed by atoms with Crippen LogP contribution in [0, 0.1) is 35.0 Å². The molecule has 6 atom stereocenters. The van der Waals surface area contributed by atoms with Gasteiger partial charge in [0.2, 0.25) is 0 Å². The zero-order valence-electron chi connectivity index (χ0n) is 9.32. The maximum atomic E-state index is 12.0. The van der Waals surface area contributed by atoms with E-state index in [1.54, 1.807) is 0 Å². The molecule has 3 heteroatoms. The van der Waals surface area contributed by atoms with Crippen LogP contribution in [-0.2, 0) is 14.3 Å². The lowest BCUT2D eigenvalue weighted by Crippen LogP contribution is -2.38. The van der Waals surface area contributed by atoms with Gasteiger partial charge in [0, 0.05) is 11.8 Å². The van der Waals surface area contributed by atoms with Crippen molar-refractivity contribution in [2.24, 2.45) is 35.0 Å². The van der Waals surface area contributed by atoms with Crippen LogP contribution in [0.25, 0.3) is 0 Å². The molecular weight excluding hydrogens is 192 g/mol. The van der Waals surface area contributed by atoms with E-state index >= 15 is 0 Å².